The van der Waals surface area contributed by atoms with Crippen LogP contribution in [0.4, 0.5) is 5.69 Å². The van der Waals surface area contributed by atoms with Crippen LogP contribution in [0.3, 0.4) is 0 Å². The van der Waals surface area contributed by atoms with Gasteiger partial charge in [-0.2, -0.15) is 0 Å². The third kappa shape index (κ3) is 5.87. The minimum atomic E-state index is 0.780. The molecule has 3 aromatic rings. The Bertz CT molecular complexity index is 1090. The van der Waals surface area contributed by atoms with Crippen LogP contribution in [0, 0.1) is 11.8 Å². The minimum absolute atomic E-state index is 0.780. The van der Waals surface area contributed by atoms with Crippen molar-refractivity contribution in [2.24, 2.45) is 11.8 Å². The van der Waals surface area contributed by atoms with Crippen molar-refractivity contribution in [2.45, 2.75) is 46.5 Å². The topological polar surface area (TPSA) is 31.4 Å². The molecule has 5 rings (SSSR count). The lowest BCUT2D eigenvalue weighted by molar-refractivity contribution is 0.178. The fourth-order valence-corrected chi connectivity index (χ4v) is 5.74. The molecule has 0 spiro atoms. The summed E-state index contributed by atoms with van der Waals surface area (Å²) in [6, 6.07) is 18.3. The van der Waals surface area contributed by atoms with Crippen molar-refractivity contribution >= 4 is 16.6 Å². The van der Waals surface area contributed by atoms with Crippen LogP contribution in [-0.4, -0.2) is 56.7 Å². The number of likely N-dealkylation sites (tertiary alicyclic amines) is 1. The van der Waals surface area contributed by atoms with Crippen molar-refractivity contribution < 1.29 is 0 Å². The second kappa shape index (κ2) is 12.0. The van der Waals surface area contributed by atoms with Crippen LogP contribution in [0.25, 0.3) is 22.2 Å². The van der Waals surface area contributed by atoms with E-state index in [9.17, 15) is 0 Å². The average Bonchev–Trinajstić information content (AvgIpc) is 3.32. The largest absolute Gasteiger partial charge is 0.370 e. The Kier molecular flexibility index (Phi) is 8.80. The summed E-state index contributed by atoms with van der Waals surface area (Å²) in [5.41, 5.74) is 7.57. The predicted molar refractivity (Wildman–Crippen MR) is 151 cm³/mol. The highest BCUT2D eigenvalue weighted by molar-refractivity contribution is 5.94. The normalized spacial score (nSPS) is 20.0. The van der Waals surface area contributed by atoms with E-state index in [1.54, 1.807) is 0 Å². The summed E-state index contributed by atoms with van der Waals surface area (Å²) in [5, 5.41) is 4.54. The van der Waals surface area contributed by atoms with Crippen LogP contribution in [0.5, 0.6) is 0 Å². The molecule has 0 saturated carbocycles. The first-order valence-electron chi connectivity index (χ1n) is 13.8. The van der Waals surface area contributed by atoms with E-state index in [1.807, 2.05) is 20.9 Å². The fourth-order valence-electron chi connectivity index (χ4n) is 5.74. The molecule has 1 N–H and O–H groups in total. The van der Waals surface area contributed by atoms with E-state index in [0.717, 1.165) is 49.0 Å². The molecule has 2 aliphatic heterocycles. The van der Waals surface area contributed by atoms with Crippen molar-refractivity contribution in [3.05, 3.63) is 59.7 Å². The summed E-state index contributed by atoms with van der Waals surface area (Å²) in [5.74, 6) is 1.60. The summed E-state index contributed by atoms with van der Waals surface area (Å²) < 4.78 is 0. The number of piperidine rings is 1. The fraction of sp³-hybridized carbons (Fsp3) is 0.516. The maximum Gasteiger partial charge on any atom is 0.0733 e. The van der Waals surface area contributed by atoms with E-state index in [0.29, 0.717) is 0 Å². The van der Waals surface area contributed by atoms with Crippen LogP contribution < -0.4 is 10.2 Å². The third-order valence-electron chi connectivity index (χ3n) is 7.75. The van der Waals surface area contributed by atoms with Gasteiger partial charge in [0.05, 0.1) is 11.2 Å². The molecular weight excluding hydrogens is 428 g/mol. The Labute approximate surface area is 212 Å². The minimum Gasteiger partial charge on any atom is -0.370 e. The van der Waals surface area contributed by atoms with Crippen molar-refractivity contribution in [3.63, 3.8) is 0 Å². The van der Waals surface area contributed by atoms with E-state index in [-0.39, 0.29) is 0 Å². The van der Waals surface area contributed by atoms with Gasteiger partial charge in [0, 0.05) is 36.3 Å². The van der Waals surface area contributed by atoms with Gasteiger partial charge in [0.15, 0.2) is 0 Å². The summed E-state index contributed by atoms with van der Waals surface area (Å²) in [6.07, 6.45) is 4.64. The summed E-state index contributed by atoms with van der Waals surface area (Å²) in [7, 11) is 4.29. The Morgan fingerprint density at radius 3 is 2.43 bits per heavy atom. The zero-order chi connectivity index (χ0) is 24.8. The number of anilines is 1. The van der Waals surface area contributed by atoms with Gasteiger partial charge in [-0.3, -0.25) is 0 Å². The lowest BCUT2D eigenvalue weighted by atomic mass is 9.89. The molecule has 0 radical (unpaired) electrons. The molecule has 3 heterocycles. The Morgan fingerprint density at radius 2 is 1.69 bits per heavy atom. The maximum atomic E-state index is 5.15. The number of pyridine rings is 1. The SMILES string of the molecule is CC.CCc1ccc2c(N3CC4CCN(C)CC4C3)cc(-c3ccc(CCCNC)cc3)nc2c1. The monoisotopic (exact) mass is 472 g/mol. The van der Waals surface area contributed by atoms with Crippen molar-refractivity contribution in [3.8, 4) is 11.3 Å². The number of nitrogens with zero attached hydrogens (tertiary/aromatic N) is 3. The summed E-state index contributed by atoms with van der Waals surface area (Å²) in [4.78, 5) is 10.3. The Hall–Kier alpha value is -2.43. The van der Waals surface area contributed by atoms with Crippen LogP contribution in [0.15, 0.2) is 48.5 Å². The second-order valence-electron chi connectivity index (χ2n) is 10.1. The molecule has 1 aromatic heterocycles. The number of nitrogens with one attached hydrogen (secondary N) is 1. The molecule has 0 amide bonds. The zero-order valence-electron chi connectivity index (χ0n) is 22.5. The van der Waals surface area contributed by atoms with Crippen molar-refractivity contribution in [1.29, 1.82) is 0 Å². The first kappa shape index (κ1) is 25.7. The lowest BCUT2D eigenvalue weighted by Crippen LogP contribution is -2.37. The smallest absolute Gasteiger partial charge is 0.0733 e. The summed E-state index contributed by atoms with van der Waals surface area (Å²) >= 11 is 0. The van der Waals surface area contributed by atoms with Crippen LogP contribution in [-0.2, 0) is 12.8 Å². The lowest BCUT2D eigenvalue weighted by Gasteiger charge is -2.31. The zero-order valence-corrected chi connectivity index (χ0v) is 22.5. The highest BCUT2D eigenvalue weighted by Gasteiger charge is 2.36. The Morgan fingerprint density at radius 1 is 0.943 bits per heavy atom. The quantitative estimate of drug-likeness (QED) is 0.426. The van der Waals surface area contributed by atoms with Crippen molar-refractivity contribution in [2.75, 3.05) is 51.7 Å². The molecule has 188 valence electrons. The number of hydrogen-bond donors (Lipinski definition) is 1. The molecule has 4 nitrogen and oxygen atoms in total. The molecular formula is C31H44N4. The molecule has 35 heavy (non-hydrogen) atoms. The predicted octanol–water partition coefficient (Wildman–Crippen LogP) is 6.03. The highest BCUT2D eigenvalue weighted by atomic mass is 15.2. The number of hydrogen-bond acceptors (Lipinski definition) is 4. The van der Waals surface area contributed by atoms with E-state index in [4.69, 9.17) is 4.98 Å². The van der Waals surface area contributed by atoms with Gasteiger partial charge in [0.2, 0.25) is 0 Å². The number of fused-ring (bicyclic) bond motifs is 2. The molecule has 4 heteroatoms. The van der Waals surface area contributed by atoms with E-state index in [2.05, 4.69) is 77.6 Å². The van der Waals surface area contributed by atoms with Gasteiger partial charge in [0.25, 0.3) is 0 Å². The van der Waals surface area contributed by atoms with Crippen LogP contribution in [0.1, 0.15) is 44.7 Å². The molecule has 2 aromatic carbocycles. The van der Waals surface area contributed by atoms with Gasteiger partial charge < -0.3 is 15.1 Å². The van der Waals surface area contributed by atoms with E-state index < -0.39 is 0 Å². The first-order valence-corrected chi connectivity index (χ1v) is 13.8. The van der Waals surface area contributed by atoms with Gasteiger partial charge in [-0.1, -0.05) is 57.2 Å². The van der Waals surface area contributed by atoms with Gasteiger partial charge in [-0.15, -0.1) is 0 Å². The van der Waals surface area contributed by atoms with E-state index in [1.165, 1.54) is 60.2 Å². The molecule has 0 aliphatic carbocycles. The molecule has 2 saturated heterocycles. The molecule has 2 unspecified atom stereocenters. The number of rotatable bonds is 7. The molecule has 0 bridgehead atoms. The van der Waals surface area contributed by atoms with Crippen LogP contribution >= 0.6 is 0 Å². The standard InChI is InChI=1S/C29H38N4.C2H6/c1-4-21-9-12-26-28(16-21)31-27(23-10-7-22(8-11-23)6-5-14-30-2)17-29(26)33-19-24-13-15-32(3)18-25(24)20-33;1-2/h7-12,16-17,24-25,30H,4-6,13-15,18-20H2,1-3H3;1-2H3. The van der Waals surface area contributed by atoms with Crippen LogP contribution in [0.2, 0.25) is 0 Å². The van der Waals surface area contributed by atoms with E-state index >= 15 is 0 Å². The molecule has 2 aliphatic rings. The molecule has 2 fully saturated rings. The van der Waals surface area contributed by atoms with Gasteiger partial charge in [-0.25, -0.2) is 4.98 Å². The number of benzene rings is 2. The van der Waals surface area contributed by atoms with Crippen molar-refractivity contribution in [1.82, 2.24) is 15.2 Å². The van der Waals surface area contributed by atoms with Gasteiger partial charge >= 0.3 is 0 Å². The highest BCUT2D eigenvalue weighted by Crippen LogP contribution is 2.38. The van der Waals surface area contributed by atoms with Gasteiger partial charge in [0.1, 0.15) is 0 Å². The third-order valence-corrected chi connectivity index (χ3v) is 7.75. The maximum absolute atomic E-state index is 5.15. The average molecular weight is 473 g/mol. The number of aromatic nitrogens is 1. The summed E-state index contributed by atoms with van der Waals surface area (Å²) in [6.45, 7) is 12.1. The first-order chi connectivity index (χ1) is 17.1. The number of aryl methyl sites for hydroxylation is 2. The van der Waals surface area contributed by atoms with Gasteiger partial charge in [-0.05, 0) is 88.0 Å². The Balaban J connectivity index is 0.00000141. The molecule has 2 atom stereocenters. The second-order valence-corrected chi connectivity index (χ2v) is 10.1.